The van der Waals surface area contributed by atoms with Crippen molar-refractivity contribution >= 4 is 27.9 Å². The van der Waals surface area contributed by atoms with Crippen molar-refractivity contribution in [2.24, 2.45) is 0 Å². The van der Waals surface area contributed by atoms with Crippen LogP contribution in [0.3, 0.4) is 0 Å². The molecule has 0 heterocycles. The highest BCUT2D eigenvalue weighted by Gasteiger charge is 2.45. The quantitative estimate of drug-likeness (QED) is 0.734. The molecule has 0 radical (unpaired) electrons. The molecule has 5 heteroatoms. The number of halogens is 1. The van der Waals surface area contributed by atoms with Gasteiger partial charge in [0.1, 0.15) is 11.5 Å². The van der Waals surface area contributed by atoms with E-state index in [1.807, 2.05) is 36.4 Å². The first-order valence-corrected chi connectivity index (χ1v) is 8.83. The van der Waals surface area contributed by atoms with E-state index in [1.165, 1.54) is 0 Å². The van der Waals surface area contributed by atoms with Gasteiger partial charge in [0.2, 0.25) is 5.91 Å². The molecule has 1 amide bonds. The van der Waals surface area contributed by atoms with Crippen LogP contribution in [0.1, 0.15) is 24.0 Å². The van der Waals surface area contributed by atoms with Gasteiger partial charge in [-0.3, -0.25) is 4.79 Å². The molecular weight excluding hydrogens is 382 g/mol. The van der Waals surface area contributed by atoms with Crippen LogP contribution in [0, 0.1) is 0 Å². The van der Waals surface area contributed by atoms with Crippen LogP contribution in [-0.2, 0) is 10.3 Å². The van der Waals surface area contributed by atoms with Gasteiger partial charge in [0.05, 0.1) is 19.8 Å². The number of ether oxygens (including phenoxy) is 2. The second-order valence-corrected chi connectivity index (χ2v) is 6.97. The number of rotatable bonds is 6. The minimum Gasteiger partial charge on any atom is -0.497 e. The molecule has 1 aliphatic carbocycles. The van der Waals surface area contributed by atoms with Crippen LogP contribution in [0.15, 0.2) is 53.0 Å². The lowest BCUT2D eigenvalue weighted by atomic mass is 10.1. The molecule has 4 nitrogen and oxygen atoms in total. The Balaban J connectivity index is 1.70. The molecule has 25 heavy (non-hydrogen) atoms. The summed E-state index contributed by atoms with van der Waals surface area (Å²) in [5, 5.41) is 3.13. The number of hydrogen-bond acceptors (Lipinski definition) is 3. The molecule has 2 aromatic rings. The maximum absolute atomic E-state index is 12.4. The lowest BCUT2D eigenvalue weighted by molar-refractivity contribution is -0.117. The van der Waals surface area contributed by atoms with Gasteiger partial charge < -0.3 is 14.8 Å². The van der Waals surface area contributed by atoms with Crippen LogP contribution < -0.4 is 14.8 Å². The van der Waals surface area contributed by atoms with Crippen molar-refractivity contribution in [3.63, 3.8) is 0 Å². The zero-order valence-electron chi connectivity index (χ0n) is 14.2. The number of benzene rings is 2. The summed E-state index contributed by atoms with van der Waals surface area (Å²) in [7, 11) is 3.20. The van der Waals surface area contributed by atoms with E-state index in [0.717, 1.165) is 28.4 Å². The smallest absolute Gasteiger partial charge is 0.244 e. The summed E-state index contributed by atoms with van der Waals surface area (Å²) in [6.45, 7) is 0. The monoisotopic (exact) mass is 401 g/mol. The van der Waals surface area contributed by atoms with Gasteiger partial charge in [-0.2, -0.15) is 0 Å². The fourth-order valence-corrected chi connectivity index (χ4v) is 3.02. The highest BCUT2D eigenvalue weighted by molar-refractivity contribution is 9.10. The van der Waals surface area contributed by atoms with E-state index >= 15 is 0 Å². The fourth-order valence-electron chi connectivity index (χ4n) is 2.75. The third-order valence-corrected chi connectivity index (χ3v) is 4.84. The Hall–Kier alpha value is -2.27. The first-order chi connectivity index (χ1) is 12.0. The molecule has 3 rings (SSSR count). The van der Waals surface area contributed by atoms with Gasteiger partial charge in [-0.15, -0.1) is 0 Å². The number of amides is 1. The van der Waals surface area contributed by atoms with Crippen molar-refractivity contribution in [2.75, 3.05) is 14.2 Å². The molecule has 1 N–H and O–H groups in total. The van der Waals surface area contributed by atoms with Crippen molar-refractivity contribution in [2.45, 2.75) is 18.4 Å². The Labute approximate surface area is 156 Å². The molecule has 1 saturated carbocycles. The summed E-state index contributed by atoms with van der Waals surface area (Å²) in [6, 6.07) is 13.6. The number of carbonyl (C=O) groups excluding carboxylic acids is 1. The van der Waals surface area contributed by atoms with Crippen molar-refractivity contribution in [3.8, 4) is 11.5 Å². The Morgan fingerprint density at radius 2 is 1.68 bits per heavy atom. The molecule has 0 aliphatic heterocycles. The van der Waals surface area contributed by atoms with Crippen LogP contribution in [0.4, 0.5) is 0 Å². The highest BCUT2D eigenvalue weighted by Crippen LogP contribution is 2.45. The maximum atomic E-state index is 12.4. The highest BCUT2D eigenvalue weighted by atomic mass is 79.9. The predicted molar refractivity (Wildman–Crippen MR) is 102 cm³/mol. The normalized spacial score (nSPS) is 15.0. The summed E-state index contributed by atoms with van der Waals surface area (Å²) < 4.78 is 11.5. The van der Waals surface area contributed by atoms with Gasteiger partial charge in [0.15, 0.2) is 0 Å². The molecule has 0 spiro atoms. The van der Waals surface area contributed by atoms with E-state index in [4.69, 9.17) is 9.47 Å². The van der Waals surface area contributed by atoms with E-state index < -0.39 is 0 Å². The molecule has 0 unspecified atom stereocenters. The van der Waals surface area contributed by atoms with Gasteiger partial charge in [-0.1, -0.05) is 28.1 Å². The molecule has 0 bridgehead atoms. The van der Waals surface area contributed by atoms with Gasteiger partial charge in [-0.25, -0.2) is 0 Å². The predicted octanol–water partition coefficient (Wildman–Crippen LogP) is 4.29. The van der Waals surface area contributed by atoms with E-state index in [0.29, 0.717) is 11.5 Å². The molecule has 0 aromatic heterocycles. The molecule has 1 aliphatic rings. The summed E-state index contributed by atoms with van der Waals surface area (Å²) in [5.41, 5.74) is 1.76. The molecular formula is C20H20BrNO3. The third-order valence-electron chi connectivity index (χ3n) is 4.31. The van der Waals surface area contributed by atoms with Gasteiger partial charge >= 0.3 is 0 Å². The number of hydrogen-bond donors (Lipinski definition) is 1. The van der Waals surface area contributed by atoms with Gasteiger partial charge in [-0.05, 0) is 54.3 Å². The maximum Gasteiger partial charge on any atom is 0.244 e. The Bertz CT molecular complexity index is 773. The van der Waals surface area contributed by atoms with Crippen LogP contribution in [0.25, 0.3) is 6.08 Å². The number of carbonyl (C=O) groups is 1. The van der Waals surface area contributed by atoms with E-state index in [-0.39, 0.29) is 11.4 Å². The van der Waals surface area contributed by atoms with Gasteiger partial charge in [0.25, 0.3) is 0 Å². The Morgan fingerprint density at radius 3 is 2.20 bits per heavy atom. The number of nitrogens with one attached hydrogen (secondary N) is 1. The van der Waals surface area contributed by atoms with E-state index in [2.05, 4.69) is 21.2 Å². The van der Waals surface area contributed by atoms with Crippen LogP contribution in [0.2, 0.25) is 0 Å². The van der Waals surface area contributed by atoms with Crippen molar-refractivity contribution in [1.82, 2.24) is 5.32 Å². The average Bonchev–Trinajstić information content (AvgIpc) is 3.40. The topological polar surface area (TPSA) is 47.6 Å². The first kappa shape index (κ1) is 17.5. The molecule has 2 aromatic carbocycles. The van der Waals surface area contributed by atoms with Crippen molar-refractivity contribution in [3.05, 3.63) is 64.1 Å². The zero-order chi connectivity index (χ0) is 17.9. The summed E-state index contributed by atoms with van der Waals surface area (Å²) in [5.74, 6) is 1.27. The van der Waals surface area contributed by atoms with Gasteiger partial charge in [0, 0.05) is 16.6 Å². The minimum atomic E-state index is -0.228. The second-order valence-electron chi connectivity index (χ2n) is 6.06. The zero-order valence-corrected chi connectivity index (χ0v) is 15.8. The lowest BCUT2D eigenvalue weighted by Gasteiger charge is -2.17. The van der Waals surface area contributed by atoms with Crippen LogP contribution >= 0.6 is 15.9 Å². The minimum absolute atomic E-state index is 0.109. The molecule has 0 saturated heterocycles. The fraction of sp³-hybridized carbons (Fsp3) is 0.250. The number of methoxy groups -OCH3 is 2. The van der Waals surface area contributed by atoms with E-state index in [1.54, 1.807) is 32.4 Å². The average molecular weight is 402 g/mol. The SMILES string of the molecule is COc1cc(/C=C/C(=O)NC2(c3ccc(Br)cc3)CC2)cc(OC)c1. The first-order valence-electron chi connectivity index (χ1n) is 8.04. The molecule has 130 valence electrons. The summed E-state index contributed by atoms with van der Waals surface area (Å²) in [4.78, 5) is 12.4. The standard InChI is InChI=1S/C20H20BrNO3/c1-24-17-11-14(12-18(13-17)25-2)3-8-19(23)22-20(9-10-20)15-4-6-16(21)7-5-15/h3-8,11-13H,9-10H2,1-2H3,(H,22,23)/b8-3+. The molecule has 1 fully saturated rings. The largest absolute Gasteiger partial charge is 0.497 e. The molecule has 0 atom stereocenters. The van der Waals surface area contributed by atoms with E-state index in [9.17, 15) is 4.79 Å². The Morgan fingerprint density at radius 1 is 1.08 bits per heavy atom. The summed E-state index contributed by atoms with van der Waals surface area (Å²) in [6.07, 6.45) is 5.23. The second kappa shape index (κ2) is 7.31. The Kier molecular flexibility index (Phi) is 5.13. The van der Waals surface area contributed by atoms with Crippen molar-refractivity contribution in [1.29, 1.82) is 0 Å². The van der Waals surface area contributed by atoms with Crippen LogP contribution in [0.5, 0.6) is 11.5 Å². The lowest BCUT2D eigenvalue weighted by Crippen LogP contribution is -2.33. The van der Waals surface area contributed by atoms with Crippen LogP contribution in [-0.4, -0.2) is 20.1 Å². The van der Waals surface area contributed by atoms with Crippen molar-refractivity contribution < 1.29 is 14.3 Å². The third kappa shape index (κ3) is 4.23. The summed E-state index contributed by atoms with van der Waals surface area (Å²) >= 11 is 3.44.